The van der Waals surface area contributed by atoms with Crippen LogP contribution < -0.4 is 28.5 Å². The van der Waals surface area contributed by atoms with Crippen molar-refractivity contribution in [2.24, 2.45) is 12.2 Å². The molecule has 0 atom stereocenters. The summed E-state index contributed by atoms with van der Waals surface area (Å²) in [6.07, 6.45) is 4.37. The minimum absolute atomic E-state index is 0. The molecule has 0 aliphatic carbocycles. The number of oxime groups is 1. The third-order valence-electron chi connectivity index (χ3n) is 1.44. The van der Waals surface area contributed by atoms with Crippen molar-refractivity contribution in [3.05, 3.63) is 30.1 Å². The number of rotatable bonds is 2. The van der Waals surface area contributed by atoms with Crippen LogP contribution >= 0.6 is 0 Å². The number of carbonyl (C=O) groups is 1. The second-order valence-corrected chi connectivity index (χ2v) is 2.36. The molecule has 0 saturated heterocycles. The number of aryl methyl sites for hydroxylation is 1. The number of halogens is 1. The van der Waals surface area contributed by atoms with E-state index in [0.717, 1.165) is 6.21 Å². The Morgan fingerprint density at radius 3 is 2.54 bits per heavy atom. The molecule has 1 aromatic heterocycles. The van der Waals surface area contributed by atoms with Gasteiger partial charge in [0.1, 0.15) is 13.3 Å². The number of carbonyl (C=O) groups excluding carboxylic acids is 1. The molecule has 0 aliphatic rings. The Morgan fingerprint density at radius 1 is 1.54 bits per heavy atom. The van der Waals surface area contributed by atoms with Crippen molar-refractivity contribution in [3.63, 3.8) is 0 Å². The molecule has 0 radical (unpaired) electrons. The van der Waals surface area contributed by atoms with Gasteiger partial charge in [-0.3, -0.25) is 4.79 Å². The lowest BCUT2D eigenvalue weighted by atomic mass is 10.2. The van der Waals surface area contributed by atoms with Crippen LogP contribution in [0.3, 0.4) is 0 Å². The predicted octanol–water partition coefficient (Wildman–Crippen LogP) is -2.84. The first-order chi connectivity index (χ1) is 5.74. The highest BCUT2D eigenvalue weighted by molar-refractivity contribution is 6.35. The van der Waals surface area contributed by atoms with Crippen molar-refractivity contribution in [3.8, 4) is 0 Å². The van der Waals surface area contributed by atoms with Gasteiger partial charge in [-0.05, 0) is 0 Å². The van der Waals surface area contributed by atoms with Gasteiger partial charge in [0.05, 0.1) is 0 Å². The molecule has 13 heavy (non-hydrogen) atoms. The first-order valence-corrected chi connectivity index (χ1v) is 3.41. The fraction of sp³-hybridized carbons (Fsp3) is 0.125. The zero-order chi connectivity index (χ0) is 8.97. The topological polar surface area (TPSA) is 53.5 Å². The molecule has 0 unspecified atom stereocenters. The Bertz CT molecular complexity index is 308. The maximum absolute atomic E-state index is 11.0. The molecule has 5 heteroatoms. The van der Waals surface area contributed by atoms with Crippen molar-refractivity contribution in [2.45, 2.75) is 0 Å². The normalized spacial score (nSPS) is 9.62. The Balaban J connectivity index is 0.00000144. The van der Waals surface area contributed by atoms with E-state index in [-0.39, 0.29) is 29.8 Å². The second-order valence-electron chi connectivity index (χ2n) is 2.36. The second kappa shape index (κ2) is 5.63. The molecule has 0 saturated carbocycles. The Hall–Kier alpha value is -0.980. The van der Waals surface area contributed by atoms with Crippen LogP contribution in [0.25, 0.3) is 0 Å². The fourth-order valence-corrected chi connectivity index (χ4v) is 0.792. The van der Waals surface area contributed by atoms with Gasteiger partial charge in [0.25, 0.3) is 0 Å². The number of ketones is 1. The molecule has 1 rings (SSSR count). The van der Waals surface area contributed by atoms with Gasteiger partial charge in [-0.25, -0.2) is 4.57 Å². The van der Waals surface area contributed by atoms with Crippen LogP contribution in [0.1, 0.15) is 10.4 Å². The Kier molecular flexibility index (Phi) is 5.20. The van der Waals surface area contributed by atoms with Crippen molar-refractivity contribution in [2.75, 3.05) is 0 Å². The molecule has 0 aromatic carbocycles. The zero-order valence-electron chi connectivity index (χ0n) is 7.01. The van der Waals surface area contributed by atoms with Gasteiger partial charge >= 0.3 is 0 Å². The summed E-state index contributed by atoms with van der Waals surface area (Å²) in [4.78, 5) is 11.0. The quantitative estimate of drug-likeness (QED) is 0.159. The number of Topliss-reactive ketones (excluding diaryl/α,β-unsaturated/α-hetero) is 1. The molecule has 0 amide bonds. The van der Waals surface area contributed by atoms with Gasteiger partial charge in [0, 0.05) is 17.7 Å². The van der Waals surface area contributed by atoms with Crippen molar-refractivity contribution in [1.29, 1.82) is 0 Å². The monoisotopic (exact) mass is 292 g/mol. The molecule has 0 fully saturated rings. The predicted molar refractivity (Wildman–Crippen MR) is 42.2 cm³/mol. The van der Waals surface area contributed by atoms with Crippen LogP contribution in [-0.2, 0) is 7.05 Å². The number of hydrogen-bond acceptors (Lipinski definition) is 3. The average molecular weight is 292 g/mol. The van der Waals surface area contributed by atoms with E-state index in [1.54, 1.807) is 24.5 Å². The van der Waals surface area contributed by atoms with E-state index in [4.69, 9.17) is 5.21 Å². The summed E-state index contributed by atoms with van der Waals surface area (Å²) in [7, 11) is 1.86. The standard InChI is InChI=1S/C8H8N2O2.HI/c1-10-4-2-7(3-5-10)8(11)6-9-12;/h2-6H,1H3;1H. The molecule has 1 heterocycles. The highest BCUT2D eigenvalue weighted by atomic mass is 127. The summed E-state index contributed by atoms with van der Waals surface area (Å²) in [6, 6.07) is 3.31. The maximum atomic E-state index is 11.0. The van der Waals surface area contributed by atoms with E-state index < -0.39 is 0 Å². The highest BCUT2D eigenvalue weighted by Crippen LogP contribution is 1.94. The smallest absolute Gasteiger partial charge is 0.207 e. The average Bonchev–Trinajstić information content (AvgIpc) is 2.06. The minimum Gasteiger partial charge on any atom is -1.00 e. The molecule has 0 aliphatic heterocycles. The van der Waals surface area contributed by atoms with Crippen molar-refractivity contribution in [1.82, 2.24) is 0 Å². The van der Waals surface area contributed by atoms with Crippen LogP contribution in [0, 0.1) is 0 Å². The van der Waals surface area contributed by atoms with Crippen LogP contribution in [0.15, 0.2) is 29.7 Å². The maximum Gasteiger partial charge on any atom is 0.207 e. The summed E-state index contributed by atoms with van der Waals surface area (Å²) < 4.78 is 1.81. The van der Waals surface area contributed by atoms with Crippen molar-refractivity contribution < 1.29 is 38.5 Å². The summed E-state index contributed by atoms with van der Waals surface area (Å²) in [6.45, 7) is 0. The summed E-state index contributed by atoms with van der Waals surface area (Å²) in [5.41, 5.74) is 0.505. The van der Waals surface area contributed by atoms with Gasteiger partial charge in [-0.15, -0.1) is 0 Å². The fourth-order valence-electron chi connectivity index (χ4n) is 0.792. The molecule has 70 valence electrons. The third kappa shape index (κ3) is 3.49. The lowest BCUT2D eigenvalue weighted by Gasteiger charge is -1.90. The van der Waals surface area contributed by atoms with Gasteiger partial charge < -0.3 is 29.2 Å². The van der Waals surface area contributed by atoms with Gasteiger partial charge in [-0.2, -0.15) is 0 Å². The first-order valence-electron chi connectivity index (χ1n) is 3.41. The first kappa shape index (κ1) is 12.0. The lowest BCUT2D eigenvalue weighted by Crippen LogP contribution is -3.00. The summed E-state index contributed by atoms with van der Waals surface area (Å²) in [5.74, 6) is -0.307. The van der Waals surface area contributed by atoms with E-state index in [0.29, 0.717) is 5.56 Å². The number of pyridine rings is 1. The van der Waals surface area contributed by atoms with Crippen LogP contribution in [0.4, 0.5) is 0 Å². The van der Waals surface area contributed by atoms with E-state index in [1.807, 2.05) is 11.6 Å². The van der Waals surface area contributed by atoms with Crippen LogP contribution in [-0.4, -0.2) is 17.2 Å². The number of nitrogens with zero attached hydrogens (tertiary/aromatic N) is 2. The minimum atomic E-state index is -0.307. The van der Waals surface area contributed by atoms with Crippen molar-refractivity contribution >= 4 is 12.0 Å². The summed E-state index contributed by atoms with van der Waals surface area (Å²) in [5, 5.41) is 10.7. The molecule has 0 spiro atoms. The van der Waals surface area contributed by atoms with Gasteiger partial charge in [0.2, 0.25) is 5.78 Å². The molecule has 1 aromatic rings. The largest absolute Gasteiger partial charge is 1.00 e. The summed E-state index contributed by atoms with van der Waals surface area (Å²) >= 11 is 0. The van der Waals surface area contributed by atoms with Crippen LogP contribution in [0.5, 0.6) is 0 Å². The third-order valence-corrected chi connectivity index (χ3v) is 1.44. The Labute approximate surface area is 92.9 Å². The molecular formula is C8H9IN2O2. The van der Waals surface area contributed by atoms with E-state index in [9.17, 15) is 4.79 Å². The Morgan fingerprint density at radius 2 is 2.08 bits per heavy atom. The van der Waals surface area contributed by atoms with E-state index in [1.165, 1.54) is 0 Å². The zero-order valence-corrected chi connectivity index (χ0v) is 9.17. The molecule has 1 N–H and O–H groups in total. The molecular weight excluding hydrogens is 283 g/mol. The lowest BCUT2D eigenvalue weighted by molar-refractivity contribution is -0.671. The van der Waals surface area contributed by atoms with E-state index in [2.05, 4.69) is 5.16 Å². The van der Waals surface area contributed by atoms with E-state index >= 15 is 0 Å². The van der Waals surface area contributed by atoms with Gasteiger partial charge in [-0.1, -0.05) is 5.16 Å². The van der Waals surface area contributed by atoms with Gasteiger partial charge in [0.15, 0.2) is 12.4 Å². The number of hydrogen-bond donors (Lipinski definition) is 1. The highest BCUT2D eigenvalue weighted by Gasteiger charge is 2.03. The van der Waals surface area contributed by atoms with Crippen LogP contribution in [0.2, 0.25) is 0 Å². The molecule has 4 nitrogen and oxygen atoms in total. The SMILES string of the molecule is C[n+]1ccc(C(=O)C=NO)cc1.[I-]. The number of aromatic nitrogens is 1. The molecule has 0 bridgehead atoms.